The molecule has 0 bridgehead atoms. The number of ether oxygens (including phenoxy) is 2. The number of terminal acetylenes is 2. The van der Waals surface area contributed by atoms with Crippen LogP contribution in [-0.2, 0) is 9.53 Å². The second-order valence-corrected chi connectivity index (χ2v) is 12.5. The van der Waals surface area contributed by atoms with E-state index in [1.807, 2.05) is 4.90 Å². The molecule has 3 aromatic rings. The third-order valence-electron chi connectivity index (χ3n) is 8.16. The first-order chi connectivity index (χ1) is 24.2. The third-order valence-corrected chi connectivity index (χ3v) is 8.52. The molecule has 10 nitrogen and oxygen atoms in total. The van der Waals surface area contributed by atoms with E-state index in [0.29, 0.717) is 31.4 Å². The minimum atomic E-state index is -5.19. The highest BCUT2D eigenvalue weighted by molar-refractivity contribution is 6.38. The summed E-state index contributed by atoms with van der Waals surface area (Å²) >= 11 is 6.85. The Labute approximate surface area is 295 Å². The van der Waals surface area contributed by atoms with Gasteiger partial charge in [-0.3, -0.25) is 4.79 Å². The molecule has 0 spiro atoms. The molecule has 15 heteroatoms. The molecule has 1 aliphatic heterocycles. The number of benzene rings is 2. The van der Waals surface area contributed by atoms with Gasteiger partial charge in [0.2, 0.25) is 5.43 Å². The molecule has 2 heterocycles. The minimum Gasteiger partial charge on any atom is -0.542 e. The predicted molar refractivity (Wildman–Crippen MR) is 179 cm³/mol. The van der Waals surface area contributed by atoms with Gasteiger partial charge < -0.3 is 34.6 Å². The number of esters is 2. The van der Waals surface area contributed by atoms with Crippen molar-refractivity contribution in [3.63, 3.8) is 0 Å². The van der Waals surface area contributed by atoms with E-state index >= 15 is 4.39 Å². The van der Waals surface area contributed by atoms with Gasteiger partial charge in [-0.15, -0.1) is 24.7 Å². The summed E-state index contributed by atoms with van der Waals surface area (Å²) in [6.45, 7) is 1.13. The molecule has 2 aromatic carbocycles. The number of fused-ring (bicyclic) bond motifs is 1. The molecule has 1 saturated heterocycles. The molecule has 1 atom stereocenters. The van der Waals surface area contributed by atoms with Gasteiger partial charge in [0.05, 0.1) is 33.8 Å². The Hall–Kier alpha value is -5.05. The second kappa shape index (κ2) is 16.8. The molecule has 1 aromatic heterocycles. The van der Waals surface area contributed by atoms with Gasteiger partial charge in [0.25, 0.3) is 0 Å². The lowest BCUT2D eigenvalue weighted by Gasteiger charge is -2.27. The number of hydrogen-bond donors (Lipinski definition) is 1. The lowest BCUT2D eigenvalue weighted by molar-refractivity contribution is -0.344. The third kappa shape index (κ3) is 9.81. The van der Waals surface area contributed by atoms with Crippen LogP contribution in [0.5, 0.6) is 5.75 Å². The number of aromatic nitrogens is 1. The van der Waals surface area contributed by atoms with E-state index in [0.717, 1.165) is 38.2 Å². The van der Waals surface area contributed by atoms with Crippen molar-refractivity contribution in [3.8, 4) is 30.4 Å². The van der Waals surface area contributed by atoms with Crippen LogP contribution in [0.3, 0.4) is 0 Å². The molecule has 51 heavy (non-hydrogen) atoms. The van der Waals surface area contributed by atoms with E-state index in [1.54, 1.807) is 4.57 Å². The van der Waals surface area contributed by atoms with Crippen molar-refractivity contribution in [3.05, 3.63) is 68.7 Å². The first-order valence-corrected chi connectivity index (χ1v) is 16.3. The molecular formula is C36H33ClF4N3O7-. The Morgan fingerprint density at radius 3 is 2.25 bits per heavy atom. The van der Waals surface area contributed by atoms with Crippen molar-refractivity contribution in [1.82, 2.24) is 4.57 Å². The number of anilines is 1. The minimum absolute atomic E-state index is 0.00258. The monoisotopic (exact) mass is 730 g/mol. The number of hydrogen-bond acceptors (Lipinski definition) is 9. The average molecular weight is 731 g/mol. The van der Waals surface area contributed by atoms with Crippen LogP contribution in [0.2, 0.25) is 5.02 Å². The van der Waals surface area contributed by atoms with Crippen LogP contribution < -0.4 is 25.9 Å². The van der Waals surface area contributed by atoms with E-state index in [4.69, 9.17) is 49.6 Å². The lowest BCUT2D eigenvalue weighted by Crippen LogP contribution is -2.37. The van der Waals surface area contributed by atoms with Gasteiger partial charge in [-0.1, -0.05) is 18.0 Å². The first kappa shape index (κ1) is 38.7. The number of pyridine rings is 1. The Kier molecular flexibility index (Phi) is 12.7. The van der Waals surface area contributed by atoms with Gasteiger partial charge in [-0.25, -0.2) is 14.0 Å². The van der Waals surface area contributed by atoms with Crippen molar-refractivity contribution in [2.45, 2.75) is 63.2 Å². The van der Waals surface area contributed by atoms with Crippen LogP contribution in [0, 0.1) is 36.4 Å². The molecular weight excluding hydrogens is 698 g/mol. The SMILES string of the molecule is C#CCC(CC#C)COC(=O)c1ccc(OC(=O)c2cn(C3CC3)c3c(Cl)c(N4CCCC[C@@H](N)C4)c(F)cc3c2=O)cc1.O=C([O-])C(F)(F)F. The van der Waals surface area contributed by atoms with Crippen LogP contribution in [0.4, 0.5) is 23.2 Å². The summed E-state index contributed by atoms with van der Waals surface area (Å²) < 4.78 is 59.8. The highest BCUT2D eigenvalue weighted by atomic mass is 35.5. The van der Waals surface area contributed by atoms with Crippen LogP contribution >= 0.6 is 11.6 Å². The molecule has 5 rings (SSSR count). The zero-order chi connectivity index (χ0) is 37.5. The molecule has 2 N–H and O–H groups in total. The van der Waals surface area contributed by atoms with Gasteiger partial charge in [0, 0.05) is 50.1 Å². The van der Waals surface area contributed by atoms with E-state index < -0.39 is 35.3 Å². The van der Waals surface area contributed by atoms with Crippen LogP contribution in [-0.4, -0.2) is 54.4 Å². The molecule has 0 amide bonds. The standard InChI is InChI=1S/C34H33ClFN3O5.C2HF3O2/c1-3-7-21(8-4-2)20-43-33(41)22-10-14-25(15-11-22)44-34(42)27-19-39(24-12-13-24)30-26(32(27)40)17-28(36)31(29(30)35)38-16-6-5-9-23(37)18-38;3-2(4,5)1(6)7/h1-2,10-11,14-15,17,19,21,23-24H,5-9,12-13,16,18,20,37H2;(H,6,7)/p-1/t23-;/m1./s1. The molecule has 270 valence electrons. The van der Waals surface area contributed by atoms with Gasteiger partial charge in [-0.05, 0) is 56.0 Å². The highest BCUT2D eigenvalue weighted by Crippen LogP contribution is 2.42. The fourth-order valence-electron chi connectivity index (χ4n) is 5.51. The molecule has 2 aliphatic rings. The fourth-order valence-corrected chi connectivity index (χ4v) is 5.92. The maximum atomic E-state index is 15.6. The smallest absolute Gasteiger partial charge is 0.430 e. The van der Waals surface area contributed by atoms with E-state index in [1.165, 1.54) is 30.5 Å². The van der Waals surface area contributed by atoms with E-state index in [2.05, 4.69) is 11.8 Å². The zero-order valence-electron chi connectivity index (χ0n) is 27.1. The number of nitrogens with zero attached hydrogens (tertiary/aromatic N) is 2. The Balaban J connectivity index is 0.000000755. The number of carboxylic acid groups (broad SMARTS) is 1. The largest absolute Gasteiger partial charge is 0.542 e. The number of rotatable bonds is 9. The second-order valence-electron chi connectivity index (χ2n) is 12.1. The average Bonchev–Trinajstić information content (AvgIpc) is 3.93. The number of alkyl halides is 3. The van der Waals surface area contributed by atoms with Gasteiger partial charge in [0.1, 0.15) is 23.1 Å². The van der Waals surface area contributed by atoms with E-state index in [-0.39, 0.29) is 57.6 Å². The molecule has 0 unspecified atom stereocenters. The first-order valence-electron chi connectivity index (χ1n) is 15.9. The number of nitrogens with two attached hydrogens (primary N) is 1. The molecule has 1 aliphatic carbocycles. The summed E-state index contributed by atoms with van der Waals surface area (Å²) in [7, 11) is 0. The van der Waals surface area contributed by atoms with Gasteiger partial charge in [-0.2, -0.15) is 13.2 Å². The van der Waals surface area contributed by atoms with Crippen LogP contribution in [0.15, 0.2) is 41.3 Å². The maximum absolute atomic E-state index is 15.6. The number of aliphatic carboxylic acids is 1. The highest BCUT2D eigenvalue weighted by Gasteiger charge is 2.32. The normalized spacial score (nSPS) is 15.9. The van der Waals surface area contributed by atoms with Crippen LogP contribution in [0.1, 0.15) is 71.7 Å². The Bertz CT molecular complexity index is 1910. The molecule has 1 saturated carbocycles. The summed E-state index contributed by atoms with van der Waals surface area (Å²) in [4.78, 5) is 49.9. The van der Waals surface area contributed by atoms with Crippen molar-refractivity contribution in [1.29, 1.82) is 0 Å². The number of carboxylic acids is 1. The lowest BCUT2D eigenvalue weighted by atomic mass is 10.0. The maximum Gasteiger partial charge on any atom is 0.430 e. The van der Waals surface area contributed by atoms with Crippen molar-refractivity contribution in [2.75, 3.05) is 24.6 Å². The topological polar surface area (TPSA) is 144 Å². The zero-order valence-corrected chi connectivity index (χ0v) is 27.9. The van der Waals surface area contributed by atoms with E-state index in [9.17, 15) is 27.6 Å². The summed E-state index contributed by atoms with van der Waals surface area (Å²) in [6, 6.07) is 6.78. The number of carbonyl (C=O) groups excluding carboxylic acids is 3. The summed E-state index contributed by atoms with van der Waals surface area (Å²) in [5, 5.41) is 8.92. The number of carbonyl (C=O) groups is 3. The predicted octanol–water partition coefficient (Wildman–Crippen LogP) is 4.78. The van der Waals surface area contributed by atoms with Crippen molar-refractivity contribution in [2.24, 2.45) is 11.7 Å². The van der Waals surface area contributed by atoms with Crippen molar-refractivity contribution >= 4 is 46.1 Å². The summed E-state index contributed by atoms with van der Waals surface area (Å²) in [6.07, 6.45) is 12.0. The fraction of sp³-hybridized carbons (Fsp3) is 0.389. The Morgan fingerprint density at radius 2 is 1.69 bits per heavy atom. The quantitative estimate of drug-likeness (QED) is 0.142. The summed E-state index contributed by atoms with van der Waals surface area (Å²) in [5.41, 5.74) is 6.14. The summed E-state index contributed by atoms with van der Waals surface area (Å²) in [5.74, 6) is -0.138. The molecule has 2 fully saturated rings. The molecule has 0 radical (unpaired) electrons. The number of halogens is 5. The van der Waals surface area contributed by atoms with Crippen LogP contribution in [0.25, 0.3) is 10.9 Å². The van der Waals surface area contributed by atoms with Crippen molar-refractivity contribution < 1.29 is 46.5 Å². The Morgan fingerprint density at radius 1 is 1.06 bits per heavy atom. The van der Waals surface area contributed by atoms with Gasteiger partial charge in [0.15, 0.2) is 0 Å². The van der Waals surface area contributed by atoms with Gasteiger partial charge >= 0.3 is 18.1 Å².